The van der Waals surface area contributed by atoms with Gasteiger partial charge in [0.15, 0.2) is 5.17 Å². The number of nitrogens with zero attached hydrogens (tertiary/aromatic N) is 2. The third-order valence-corrected chi connectivity index (χ3v) is 5.59. The molecule has 0 aromatic heterocycles. The lowest BCUT2D eigenvalue weighted by atomic mass is 9.97. The van der Waals surface area contributed by atoms with Crippen LogP contribution in [0.15, 0.2) is 64.8 Å². The van der Waals surface area contributed by atoms with E-state index in [0.29, 0.717) is 23.7 Å². The molecule has 1 heterocycles. The molecule has 2 aromatic carbocycles. The fourth-order valence-corrected chi connectivity index (χ4v) is 3.95. The van der Waals surface area contributed by atoms with Crippen LogP contribution in [-0.4, -0.2) is 42.7 Å². The van der Waals surface area contributed by atoms with Gasteiger partial charge in [0.25, 0.3) is 0 Å². The molecule has 0 atom stereocenters. The van der Waals surface area contributed by atoms with Crippen molar-refractivity contribution in [2.75, 3.05) is 26.4 Å². The molecule has 29 heavy (non-hydrogen) atoms. The Morgan fingerprint density at radius 2 is 1.66 bits per heavy atom. The second-order valence-electron chi connectivity index (χ2n) is 6.73. The van der Waals surface area contributed by atoms with Crippen molar-refractivity contribution in [2.45, 2.75) is 12.5 Å². The van der Waals surface area contributed by atoms with Crippen molar-refractivity contribution in [1.82, 2.24) is 10.2 Å². The van der Waals surface area contributed by atoms with E-state index in [4.69, 9.17) is 4.99 Å². The molecule has 0 fully saturated rings. The molecule has 7 heteroatoms. The fraction of sp³-hybridized carbons (Fsp3) is 0.273. The number of halogens is 2. The third-order valence-electron chi connectivity index (χ3n) is 4.85. The van der Waals surface area contributed by atoms with Gasteiger partial charge in [-0.25, -0.2) is 13.8 Å². The molecule has 2 aromatic rings. The zero-order valence-electron chi connectivity index (χ0n) is 16.4. The summed E-state index contributed by atoms with van der Waals surface area (Å²) < 4.78 is 27.0. The van der Waals surface area contributed by atoms with Gasteiger partial charge in [-0.2, -0.15) is 0 Å². The molecule has 0 aliphatic carbocycles. The second-order valence-corrected chi connectivity index (χ2v) is 7.51. The minimum Gasteiger partial charge on any atom is -0.343 e. The van der Waals surface area contributed by atoms with E-state index in [-0.39, 0.29) is 17.7 Å². The van der Waals surface area contributed by atoms with E-state index in [1.165, 1.54) is 36.0 Å². The summed E-state index contributed by atoms with van der Waals surface area (Å²) in [4.78, 5) is 18.1. The van der Waals surface area contributed by atoms with Crippen LogP contribution in [0.25, 0.3) is 0 Å². The second kappa shape index (κ2) is 9.80. The summed E-state index contributed by atoms with van der Waals surface area (Å²) >= 11 is 1.46. The monoisotopic (exact) mass is 415 g/mol. The van der Waals surface area contributed by atoms with Crippen molar-refractivity contribution in [1.29, 1.82) is 0 Å². The first kappa shape index (κ1) is 21.2. The predicted octanol–water partition coefficient (Wildman–Crippen LogP) is 4.15. The summed E-state index contributed by atoms with van der Waals surface area (Å²) in [7, 11) is 1.89. The average molecular weight is 416 g/mol. The van der Waals surface area contributed by atoms with Gasteiger partial charge >= 0.3 is 0 Å². The lowest BCUT2D eigenvalue weighted by Gasteiger charge is -2.31. The smallest absolute Gasteiger partial charge is 0.164 e. The minimum atomic E-state index is -0.318. The van der Waals surface area contributed by atoms with Crippen LogP contribution in [0.2, 0.25) is 0 Å². The highest BCUT2D eigenvalue weighted by Gasteiger charge is 2.23. The summed E-state index contributed by atoms with van der Waals surface area (Å²) in [5, 5.41) is 3.95. The summed E-state index contributed by atoms with van der Waals surface area (Å²) in [5.41, 5.74) is 3.13. The first-order valence-electron chi connectivity index (χ1n) is 9.28. The quantitative estimate of drug-likeness (QED) is 0.453. The van der Waals surface area contributed by atoms with Crippen molar-refractivity contribution in [3.8, 4) is 0 Å². The third kappa shape index (κ3) is 5.10. The molecule has 0 unspecified atom stereocenters. The van der Waals surface area contributed by atoms with Crippen molar-refractivity contribution in [2.24, 2.45) is 4.99 Å². The SMILES string of the molecule is CSC(=NC1=C(C=O)CCNC1)N(C)C(c1ccc(F)cc1)c1ccc(F)cc1. The Labute approximate surface area is 173 Å². The first-order chi connectivity index (χ1) is 14.0. The minimum absolute atomic E-state index is 0.292. The van der Waals surface area contributed by atoms with Gasteiger partial charge in [0.1, 0.15) is 17.9 Å². The summed E-state index contributed by atoms with van der Waals surface area (Å²) in [6, 6.07) is 12.2. The van der Waals surface area contributed by atoms with Crippen molar-refractivity contribution in [3.05, 3.63) is 82.6 Å². The zero-order valence-corrected chi connectivity index (χ0v) is 17.2. The number of thioether (sulfide) groups is 1. The van der Waals surface area contributed by atoms with E-state index in [1.807, 2.05) is 18.2 Å². The maximum atomic E-state index is 13.5. The molecule has 0 spiro atoms. The van der Waals surface area contributed by atoms with Crippen LogP contribution in [0.1, 0.15) is 23.6 Å². The molecule has 4 nitrogen and oxygen atoms in total. The number of carbonyl (C=O) groups excluding carboxylic acids is 1. The molecular weight excluding hydrogens is 392 g/mol. The number of carbonyl (C=O) groups is 1. The van der Waals surface area contributed by atoms with Crippen molar-refractivity contribution >= 4 is 23.2 Å². The maximum Gasteiger partial charge on any atom is 0.164 e. The van der Waals surface area contributed by atoms with E-state index in [2.05, 4.69) is 5.32 Å². The zero-order chi connectivity index (χ0) is 20.8. The van der Waals surface area contributed by atoms with Gasteiger partial charge in [0.05, 0.1) is 11.7 Å². The standard InChI is InChI=1S/C22H23F2N3OS/c1-27(22(29-2)26-20-13-25-12-11-17(20)14-28)21(15-3-7-18(23)8-4-15)16-5-9-19(24)10-6-16/h3-10,14,21,25H,11-13H2,1-2H3. The highest BCUT2D eigenvalue weighted by molar-refractivity contribution is 8.13. The largest absolute Gasteiger partial charge is 0.343 e. The van der Waals surface area contributed by atoms with Gasteiger partial charge in [-0.05, 0) is 54.6 Å². The number of hydrogen-bond donors (Lipinski definition) is 1. The number of nitrogens with one attached hydrogen (secondary N) is 1. The van der Waals surface area contributed by atoms with E-state index in [1.54, 1.807) is 24.3 Å². The number of benzene rings is 2. The molecule has 0 saturated heterocycles. The van der Waals surface area contributed by atoms with Gasteiger partial charge in [-0.15, -0.1) is 0 Å². The highest BCUT2D eigenvalue weighted by Crippen LogP contribution is 2.30. The summed E-state index contributed by atoms with van der Waals surface area (Å²) in [6.45, 7) is 1.29. The van der Waals surface area contributed by atoms with Gasteiger partial charge in [0, 0.05) is 19.2 Å². The van der Waals surface area contributed by atoms with Crippen LogP contribution < -0.4 is 5.32 Å². The molecular formula is C22H23F2N3OS. The Morgan fingerprint density at radius 3 is 2.14 bits per heavy atom. The number of rotatable bonds is 5. The molecule has 3 rings (SSSR count). The van der Waals surface area contributed by atoms with Crippen LogP contribution in [0.4, 0.5) is 8.78 Å². The Morgan fingerprint density at radius 1 is 1.10 bits per heavy atom. The Kier molecular flexibility index (Phi) is 7.17. The van der Waals surface area contributed by atoms with E-state index in [0.717, 1.165) is 29.7 Å². The van der Waals surface area contributed by atoms with E-state index in [9.17, 15) is 13.6 Å². The summed E-state index contributed by atoms with van der Waals surface area (Å²) in [5.74, 6) is -0.635. The van der Waals surface area contributed by atoms with Crippen LogP contribution in [0, 0.1) is 11.6 Å². The fourth-order valence-electron chi connectivity index (χ4n) is 3.35. The molecule has 0 bridgehead atoms. The van der Waals surface area contributed by atoms with Crippen LogP contribution in [0.5, 0.6) is 0 Å². The average Bonchev–Trinajstić information content (AvgIpc) is 2.75. The molecule has 1 N–H and O–H groups in total. The first-order valence-corrected chi connectivity index (χ1v) is 10.5. The number of hydrogen-bond acceptors (Lipinski definition) is 4. The molecule has 0 amide bonds. The Hall–Kier alpha value is -2.51. The number of aldehydes is 1. The molecule has 1 aliphatic rings. The van der Waals surface area contributed by atoms with Gasteiger partial charge in [-0.3, -0.25) is 4.79 Å². The van der Waals surface area contributed by atoms with Crippen LogP contribution >= 0.6 is 11.8 Å². The van der Waals surface area contributed by atoms with E-state index >= 15 is 0 Å². The van der Waals surface area contributed by atoms with Gasteiger partial charge < -0.3 is 10.2 Å². The van der Waals surface area contributed by atoms with Crippen LogP contribution in [-0.2, 0) is 4.79 Å². The molecule has 152 valence electrons. The van der Waals surface area contributed by atoms with Crippen molar-refractivity contribution < 1.29 is 13.6 Å². The van der Waals surface area contributed by atoms with E-state index < -0.39 is 0 Å². The highest BCUT2D eigenvalue weighted by atomic mass is 32.2. The molecule has 0 radical (unpaired) electrons. The van der Waals surface area contributed by atoms with Gasteiger partial charge in [0.2, 0.25) is 0 Å². The number of aliphatic imine (C=N–C) groups is 1. The topological polar surface area (TPSA) is 44.7 Å². The lowest BCUT2D eigenvalue weighted by Crippen LogP contribution is -2.31. The molecule has 1 aliphatic heterocycles. The summed E-state index contributed by atoms with van der Waals surface area (Å²) in [6.07, 6.45) is 3.43. The van der Waals surface area contributed by atoms with Gasteiger partial charge in [-0.1, -0.05) is 36.0 Å². The normalized spacial score (nSPS) is 15.0. The maximum absolute atomic E-state index is 13.5. The van der Waals surface area contributed by atoms with Crippen molar-refractivity contribution in [3.63, 3.8) is 0 Å². The Bertz CT molecular complexity index is 865. The van der Waals surface area contributed by atoms with Crippen LogP contribution in [0.3, 0.4) is 0 Å². The lowest BCUT2D eigenvalue weighted by molar-refractivity contribution is -0.105. The Balaban J connectivity index is 2.04. The number of amidine groups is 1. The predicted molar refractivity (Wildman–Crippen MR) is 114 cm³/mol. The molecule has 0 saturated carbocycles.